The molecule has 7 rings (SSSR count). The molecule has 212 valence electrons. The van der Waals surface area contributed by atoms with Gasteiger partial charge in [0.25, 0.3) is 11.8 Å². The molecule has 0 radical (unpaired) electrons. The lowest BCUT2D eigenvalue weighted by atomic mass is 9.50. The summed E-state index contributed by atoms with van der Waals surface area (Å²) >= 11 is 0. The molecule has 3 fully saturated rings. The number of halogens is 1. The largest absolute Gasteiger partial charge is 0.437 e. The van der Waals surface area contributed by atoms with E-state index in [1.54, 1.807) is 37.3 Å². The van der Waals surface area contributed by atoms with Gasteiger partial charge in [-0.25, -0.2) is 12.8 Å². The number of nitrogens with zero attached hydrogens (tertiary/aromatic N) is 2. The van der Waals surface area contributed by atoms with E-state index in [-0.39, 0.29) is 40.8 Å². The predicted molar refractivity (Wildman–Crippen MR) is 154 cm³/mol. The van der Waals surface area contributed by atoms with E-state index in [1.165, 1.54) is 31.3 Å². The molecule has 41 heavy (non-hydrogen) atoms. The second kappa shape index (κ2) is 9.69. The summed E-state index contributed by atoms with van der Waals surface area (Å²) < 4.78 is 46.5. The van der Waals surface area contributed by atoms with Crippen molar-refractivity contribution < 1.29 is 26.8 Å². The average molecular weight is 577 g/mol. The molecule has 4 aromatic rings. The van der Waals surface area contributed by atoms with E-state index in [0.29, 0.717) is 33.6 Å². The van der Waals surface area contributed by atoms with Gasteiger partial charge in [-0.05, 0) is 80.1 Å². The number of benzene rings is 2. The number of nitrogens with one attached hydrogen (secondary N) is 2. The highest BCUT2D eigenvalue weighted by Crippen LogP contribution is 2.57. The zero-order valence-corrected chi connectivity index (χ0v) is 23.6. The molecule has 0 unspecified atom stereocenters. The average Bonchev–Trinajstić information content (AvgIpc) is 3.27. The first-order valence-corrected chi connectivity index (χ1v) is 15.2. The van der Waals surface area contributed by atoms with Crippen molar-refractivity contribution in [2.24, 2.45) is 5.92 Å². The van der Waals surface area contributed by atoms with Crippen LogP contribution in [0.15, 0.2) is 59.0 Å². The van der Waals surface area contributed by atoms with E-state index in [2.05, 4.69) is 15.6 Å². The van der Waals surface area contributed by atoms with E-state index in [1.807, 2.05) is 0 Å². The van der Waals surface area contributed by atoms with Crippen molar-refractivity contribution >= 4 is 38.8 Å². The summed E-state index contributed by atoms with van der Waals surface area (Å²) in [7, 11) is -2.28. The summed E-state index contributed by atoms with van der Waals surface area (Å²) in [5.41, 5.74) is 1.96. The van der Waals surface area contributed by atoms with Gasteiger partial charge in [0.1, 0.15) is 11.6 Å². The first kappa shape index (κ1) is 26.9. The van der Waals surface area contributed by atoms with Crippen LogP contribution in [-0.2, 0) is 10.0 Å². The monoisotopic (exact) mass is 576 g/mol. The van der Waals surface area contributed by atoms with Gasteiger partial charge in [-0.1, -0.05) is 12.1 Å². The first-order valence-electron chi connectivity index (χ1n) is 13.4. The number of rotatable bonds is 8. The van der Waals surface area contributed by atoms with Gasteiger partial charge in [0.15, 0.2) is 5.82 Å². The predicted octanol–water partition coefficient (Wildman–Crippen LogP) is 4.73. The number of hydrogen-bond acceptors (Lipinski definition) is 6. The van der Waals surface area contributed by atoms with Crippen molar-refractivity contribution in [3.05, 3.63) is 71.5 Å². The maximum atomic E-state index is 13.7. The van der Waals surface area contributed by atoms with E-state index in [9.17, 15) is 22.4 Å². The Kier molecular flexibility index (Phi) is 6.37. The van der Waals surface area contributed by atoms with Crippen LogP contribution in [0.25, 0.3) is 33.6 Å². The third kappa shape index (κ3) is 4.63. The molecule has 0 atom stereocenters. The Morgan fingerprint density at radius 1 is 1.07 bits per heavy atom. The fourth-order valence-corrected chi connectivity index (χ4v) is 6.81. The molecule has 0 saturated heterocycles. The quantitative estimate of drug-likeness (QED) is 0.313. The lowest BCUT2D eigenvalue weighted by Gasteiger charge is -2.61. The number of furan rings is 1. The number of carbonyl (C=O) groups excluding carboxylic acids is 2. The lowest BCUT2D eigenvalue weighted by Crippen LogP contribution is -2.68. The van der Waals surface area contributed by atoms with Gasteiger partial charge in [-0.3, -0.25) is 13.9 Å². The molecule has 3 aliphatic carbocycles. The molecule has 2 bridgehead atoms. The van der Waals surface area contributed by atoms with Crippen LogP contribution in [0.2, 0.25) is 0 Å². The Morgan fingerprint density at radius 3 is 2.37 bits per heavy atom. The first-order chi connectivity index (χ1) is 19.5. The SMILES string of the molecule is CCN(c1nc2oc(-c3ccc(F)cc3)c(C(=O)NC)c2cc1-c1cccc(C(=O)NC23CC(C2)C3)c1)S(C)(=O)=O. The number of hydrogen-bond donors (Lipinski definition) is 2. The molecule has 2 aromatic heterocycles. The summed E-state index contributed by atoms with van der Waals surface area (Å²) in [4.78, 5) is 30.9. The van der Waals surface area contributed by atoms with E-state index < -0.39 is 21.7 Å². The molecule has 2 N–H and O–H groups in total. The van der Waals surface area contributed by atoms with Gasteiger partial charge in [0.2, 0.25) is 15.7 Å². The number of sulfonamides is 1. The van der Waals surface area contributed by atoms with Crippen LogP contribution in [-0.4, -0.2) is 50.6 Å². The molecule has 3 saturated carbocycles. The van der Waals surface area contributed by atoms with Crippen molar-refractivity contribution in [2.45, 2.75) is 31.7 Å². The van der Waals surface area contributed by atoms with Crippen LogP contribution >= 0.6 is 0 Å². The van der Waals surface area contributed by atoms with Crippen molar-refractivity contribution in [2.75, 3.05) is 24.2 Å². The van der Waals surface area contributed by atoms with Gasteiger partial charge in [0, 0.05) is 35.8 Å². The summed E-state index contributed by atoms with van der Waals surface area (Å²) in [6.07, 6.45) is 4.09. The highest BCUT2D eigenvalue weighted by atomic mass is 32.2. The molecule has 3 aliphatic rings. The molecule has 2 aromatic carbocycles. The number of amides is 2. The van der Waals surface area contributed by atoms with Gasteiger partial charge >= 0.3 is 0 Å². The molecule has 11 heteroatoms. The van der Waals surface area contributed by atoms with Gasteiger partial charge < -0.3 is 15.1 Å². The Balaban J connectivity index is 1.55. The van der Waals surface area contributed by atoms with Crippen molar-refractivity contribution in [3.8, 4) is 22.5 Å². The third-order valence-corrected chi connectivity index (χ3v) is 9.23. The second-order valence-electron chi connectivity index (χ2n) is 10.8. The number of aromatic nitrogens is 1. The van der Waals surface area contributed by atoms with Gasteiger partial charge in [-0.15, -0.1) is 0 Å². The maximum Gasteiger partial charge on any atom is 0.255 e. The van der Waals surface area contributed by atoms with Crippen LogP contribution in [0.5, 0.6) is 0 Å². The molecule has 0 aliphatic heterocycles. The van der Waals surface area contributed by atoms with Gasteiger partial charge in [-0.2, -0.15) is 4.98 Å². The Labute approximate surface area is 236 Å². The second-order valence-corrected chi connectivity index (χ2v) is 12.7. The topological polar surface area (TPSA) is 122 Å². The van der Waals surface area contributed by atoms with E-state index in [4.69, 9.17) is 4.42 Å². The minimum Gasteiger partial charge on any atom is -0.437 e. The molecule has 0 spiro atoms. The van der Waals surface area contributed by atoms with Crippen LogP contribution in [0.3, 0.4) is 0 Å². The smallest absolute Gasteiger partial charge is 0.255 e. The minimum atomic E-state index is -3.76. The summed E-state index contributed by atoms with van der Waals surface area (Å²) in [5, 5.41) is 6.11. The Bertz CT molecular complexity index is 1800. The standard InChI is InChI=1S/C30H29FN4O5S/c1-4-35(41(3,38)39)26-22(19-6-5-7-20(12-19)27(36)34-30-14-17(15-30)16-30)13-23-24(28(37)32-2)25(40-29(23)33-26)18-8-10-21(31)11-9-18/h5-13,17H,4,14-16H2,1-3H3,(H,32,37)(H,34,36). The van der Waals surface area contributed by atoms with Crippen LogP contribution in [0, 0.1) is 11.7 Å². The van der Waals surface area contributed by atoms with Crippen LogP contribution in [0.1, 0.15) is 46.9 Å². The lowest BCUT2D eigenvalue weighted by molar-refractivity contribution is -0.0438. The number of carbonyl (C=O) groups is 2. The molecule has 2 amide bonds. The van der Waals surface area contributed by atoms with Crippen LogP contribution < -0.4 is 14.9 Å². The van der Waals surface area contributed by atoms with Gasteiger partial charge in [0.05, 0.1) is 17.2 Å². The summed E-state index contributed by atoms with van der Waals surface area (Å²) in [6.45, 7) is 1.77. The Hall–Kier alpha value is -4.25. The molecule has 9 nitrogen and oxygen atoms in total. The highest BCUT2D eigenvalue weighted by molar-refractivity contribution is 7.92. The molecular weight excluding hydrogens is 547 g/mol. The molecule has 2 heterocycles. The normalized spacial score (nSPS) is 19.3. The number of fused-ring (bicyclic) bond motifs is 1. The number of anilines is 1. The fraction of sp³-hybridized carbons (Fsp3) is 0.300. The minimum absolute atomic E-state index is 0.0429. The maximum absolute atomic E-state index is 13.7. The zero-order valence-electron chi connectivity index (χ0n) is 22.8. The van der Waals surface area contributed by atoms with Crippen molar-refractivity contribution in [1.82, 2.24) is 15.6 Å². The highest BCUT2D eigenvalue weighted by Gasteiger charge is 2.57. The van der Waals surface area contributed by atoms with E-state index >= 15 is 0 Å². The third-order valence-electron chi connectivity index (χ3n) is 8.00. The summed E-state index contributed by atoms with van der Waals surface area (Å²) in [6, 6.07) is 14.1. The zero-order chi connectivity index (χ0) is 29.1. The fourth-order valence-electron chi connectivity index (χ4n) is 5.89. The summed E-state index contributed by atoms with van der Waals surface area (Å²) in [5.74, 6) is -0.109. The van der Waals surface area contributed by atoms with Crippen LogP contribution in [0.4, 0.5) is 10.2 Å². The van der Waals surface area contributed by atoms with Crippen molar-refractivity contribution in [3.63, 3.8) is 0 Å². The van der Waals surface area contributed by atoms with Crippen molar-refractivity contribution in [1.29, 1.82) is 0 Å². The Morgan fingerprint density at radius 2 is 1.78 bits per heavy atom. The molecular formula is C30H29FN4O5S. The van der Waals surface area contributed by atoms with E-state index in [0.717, 1.165) is 29.8 Å². The number of pyridine rings is 1.